The first-order valence-electron chi connectivity index (χ1n) is 30.9. The molecule has 0 heterocycles. The Balaban J connectivity index is 4.55. The number of carbonyl (C=O) groups is 7. The number of terminal acetylenes is 1. The van der Waals surface area contributed by atoms with Crippen LogP contribution in [0.5, 0.6) is 0 Å². The normalized spacial score (nSPS) is 11.9. The predicted molar refractivity (Wildman–Crippen MR) is 308 cm³/mol. The molecule has 0 bridgehead atoms. The van der Waals surface area contributed by atoms with Gasteiger partial charge in [0.1, 0.15) is 11.6 Å². The van der Waals surface area contributed by atoms with Gasteiger partial charge < -0.3 is 35.5 Å². The van der Waals surface area contributed by atoms with E-state index in [1.807, 2.05) is 0 Å². The van der Waals surface area contributed by atoms with Crippen LogP contribution in [0, 0.1) is 24.2 Å². The maximum absolute atomic E-state index is 13.4. The van der Waals surface area contributed by atoms with Crippen LogP contribution in [-0.4, -0.2) is 101 Å². The largest absolute Gasteiger partial charge is 0.469 e. The molecule has 0 aromatic carbocycles. The van der Waals surface area contributed by atoms with Crippen LogP contribution in [0.15, 0.2) is 0 Å². The van der Waals surface area contributed by atoms with E-state index in [-0.39, 0.29) is 100 Å². The zero-order valence-corrected chi connectivity index (χ0v) is 48.8. The van der Waals surface area contributed by atoms with Gasteiger partial charge in [0.05, 0.1) is 39.5 Å². The van der Waals surface area contributed by atoms with Crippen molar-refractivity contribution in [1.82, 2.24) is 21.3 Å². The Morgan fingerprint density at radius 1 is 0.395 bits per heavy atom. The summed E-state index contributed by atoms with van der Waals surface area (Å²) in [5, 5.41) is 11.6. The highest BCUT2D eigenvalue weighted by Gasteiger charge is 2.23. The topological polar surface area (TPSA) is 195 Å². The highest BCUT2D eigenvalue weighted by molar-refractivity contribution is 5.87. The number of rotatable bonds is 58. The number of Topliss-reactive ketones (excluding diaryl/α,β-unsaturated/α-hetero) is 2. The fourth-order valence-electron chi connectivity index (χ4n) is 9.32. The fourth-order valence-corrected chi connectivity index (χ4v) is 9.32. The van der Waals surface area contributed by atoms with Gasteiger partial charge in [0.25, 0.3) is 0 Å². The second-order valence-corrected chi connectivity index (χ2v) is 21.1. The molecule has 0 saturated heterocycles. The Bertz CT molecular complexity index is 1500. The molecule has 0 aliphatic carbocycles. The van der Waals surface area contributed by atoms with Crippen molar-refractivity contribution in [2.24, 2.45) is 11.8 Å². The molecule has 0 saturated carbocycles. The Labute approximate surface area is 463 Å². The van der Waals surface area contributed by atoms with Crippen LogP contribution in [0.4, 0.5) is 0 Å². The summed E-state index contributed by atoms with van der Waals surface area (Å²) < 4.78 is 16.2. The third-order valence-corrected chi connectivity index (χ3v) is 14.1. The number of methoxy groups -OCH3 is 1. The molecular formula is C62H112N4O10. The average molecular weight is 1070 g/mol. The molecule has 14 nitrogen and oxygen atoms in total. The number of unbranched alkanes of at least 4 members (excludes halogenated alkanes) is 26. The highest BCUT2D eigenvalue weighted by Crippen LogP contribution is 2.19. The van der Waals surface area contributed by atoms with E-state index in [4.69, 9.17) is 20.6 Å². The first-order valence-corrected chi connectivity index (χ1v) is 30.9. The Kier molecular flexibility index (Phi) is 53.1. The molecule has 0 aromatic heterocycles. The van der Waals surface area contributed by atoms with Crippen LogP contribution in [0.2, 0.25) is 0 Å². The van der Waals surface area contributed by atoms with Gasteiger partial charge in [0, 0.05) is 83.5 Å². The Hall–Kier alpha value is -3.83. The van der Waals surface area contributed by atoms with Crippen LogP contribution in [0.25, 0.3) is 0 Å². The summed E-state index contributed by atoms with van der Waals surface area (Å²) in [6.45, 7) is 6.79. The molecule has 0 rings (SSSR count). The van der Waals surface area contributed by atoms with Crippen LogP contribution in [0.3, 0.4) is 0 Å². The van der Waals surface area contributed by atoms with E-state index >= 15 is 0 Å². The summed E-state index contributed by atoms with van der Waals surface area (Å²) >= 11 is 0. The quantitative estimate of drug-likeness (QED) is 0.0258. The van der Waals surface area contributed by atoms with Gasteiger partial charge in [0.15, 0.2) is 0 Å². The van der Waals surface area contributed by atoms with E-state index in [2.05, 4.69) is 41.0 Å². The maximum atomic E-state index is 13.4. The molecule has 2 atom stereocenters. The molecule has 0 fully saturated rings. The van der Waals surface area contributed by atoms with Crippen molar-refractivity contribution in [3.05, 3.63) is 0 Å². The molecule has 4 amide bonds. The first kappa shape index (κ1) is 72.2. The van der Waals surface area contributed by atoms with E-state index in [9.17, 15) is 33.6 Å². The lowest BCUT2D eigenvalue weighted by Gasteiger charge is -2.17. The second kappa shape index (κ2) is 55.9. The van der Waals surface area contributed by atoms with Gasteiger partial charge in [-0.2, -0.15) is 0 Å². The number of hydrogen-bond acceptors (Lipinski definition) is 10. The molecule has 0 radical (unpaired) electrons. The van der Waals surface area contributed by atoms with Crippen molar-refractivity contribution in [1.29, 1.82) is 0 Å². The van der Waals surface area contributed by atoms with Crippen molar-refractivity contribution < 1.29 is 47.8 Å². The summed E-state index contributed by atoms with van der Waals surface area (Å²) in [6, 6.07) is 0. The lowest BCUT2D eigenvalue weighted by atomic mass is 9.94. The maximum Gasteiger partial charge on any atom is 0.309 e. The minimum Gasteiger partial charge on any atom is -0.469 e. The van der Waals surface area contributed by atoms with E-state index in [1.165, 1.54) is 148 Å². The summed E-state index contributed by atoms with van der Waals surface area (Å²) in [7, 11) is 1.32. The molecule has 4 N–H and O–H groups in total. The molecule has 0 spiro atoms. The zero-order chi connectivity index (χ0) is 55.8. The van der Waals surface area contributed by atoms with Crippen molar-refractivity contribution in [2.45, 2.75) is 271 Å². The number of hydrogen-bond donors (Lipinski definition) is 4. The summed E-state index contributed by atoms with van der Waals surface area (Å²) in [5.41, 5.74) is 0. The average Bonchev–Trinajstić information content (AvgIpc) is 3.41. The molecule has 76 heavy (non-hydrogen) atoms. The zero-order valence-electron chi connectivity index (χ0n) is 48.8. The smallest absolute Gasteiger partial charge is 0.309 e. The minimum atomic E-state index is -0.563. The van der Waals surface area contributed by atoms with Crippen LogP contribution in [-0.2, 0) is 47.8 Å². The number of ether oxygens (including phenoxy) is 3. The number of nitrogens with one attached hydrogen (secondary N) is 4. The van der Waals surface area contributed by atoms with E-state index in [0.717, 1.165) is 25.7 Å². The van der Waals surface area contributed by atoms with Crippen LogP contribution in [0.1, 0.15) is 271 Å². The van der Waals surface area contributed by atoms with E-state index in [1.54, 1.807) is 0 Å². The number of carbonyl (C=O) groups excluding carboxylic acids is 7. The van der Waals surface area contributed by atoms with Gasteiger partial charge in [0.2, 0.25) is 23.6 Å². The van der Waals surface area contributed by atoms with Crippen LogP contribution >= 0.6 is 0 Å². The predicted octanol–water partition coefficient (Wildman–Crippen LogP) is 12.3. The van der Waals surface area contributed by atoms with Gasteiger partial charge >= 0.3 is 5.97 Å². The standard InChI is InChI=1S/C62H112N4O10/c1-5-8-11-13-15-17-19-21-23-25-27-29-31-40-59(70)63-44-35-33-37-54(52-56(67)42-48-75-50-46-65-58(69)39-10-7-3)61(72)66-47-51-76-49-43-57(68)53-55(62(73)74-4)38-34-36-45-64-60(71)41-32-30-28-26-24-22-20-18-16-14-12-9-6-2/h3,54-55H,5-6,8-53H2,1-2,4H3,(H,63,70)(H,64,71)(H,65,69)(H,66,72). The number of amides is 4. The number of esters is 1. The van der Waals surface area contributed by atoms with Crippen molar-refractivity contribution in [3.63, 3.8) is 0 Å². The van der Waals surface area contributed by atoms with Gasteiger partial charge in [-0.05, 0) is 38.5 Å². The SMILES string of the molecule is C#CCCC(=O)NCCOCCC(=O)CC(CCCCNC(=O)CCCCCCCCCCCCCCC)C(=O)NCCOCCC(=O)CC(CCCCNC(=O)CCCCCCCCCCCCCCC)C(=O)OC. The third-order valence-electron chi connectivity index (χ3n) is 14.1. The Morgan fingerprint density at radius 2 is 0.750 bits per heavy atom. The van der Waals surface area contributed by atoms with Crippen molar-refractivity contribution in [3.8, 4) is 12.3 Å². The minimum absolute atomic E-state index is 0.0474. The first-order chi connectivity index (χ1) is 37.1. The lowest BCUT2D eigenvalue weighted by Crippen LogP contribution is -2.34. The van der Waals surface area contributed by atoms with E-state index in [0.29, 0.717) is 77.4 Å². The van der Waals surface area contributed by atoms with Gasteiger partial charge in [-0.1, -0.05) is 181 Å². The summed E-state index contributed by atoms with van der Waals surface area (Å²) in [6.07, 6.45) is 43.7. The molecule has 0 aromatic rings. The molecule has 2 unspecified atom stereocenters. The monoisotopic (exact) mass is 1070 g/mol. The summed E-state index contributed by atoms with van der Waals surface area (Å²) in [4.78, 5) is 88.3. The number of ketones is 2. The van der Waals surface area contributed by atoms with Crippen molar-refractivity contribution >= 4 is 41.2 Å². The Morgan fingerprint density at radius 3 is 1.16 bits per heavy atom. The highest BCUT2D eigenvalue weighted by atomic mass is 16.5. The van der Waals surface area contributed by atoms with Crippen molar-refractivity contribution in [2.75, 3.05) is 59.7 Å². The van der Waals surface area contributed by atoms with E-state index < -0.39 is 17.8 Å². The fraction of sp³-hybridized carbons (Fsp3) is 0.855. The van der Waals surface area contributed by atoms with Gasteiger partial charge in [-0.25, -0.2) is 0 Å². The summed E-state index contributed by atoms with van der Waals surface area (Å²) in [5.74, 6) is 0.357. The second-order valence-electron chi connectivity index (χ2n) is 21.1. The van der Waals surface area contributed by atoms with Gasteiger partial charge in [-0.15, -0.1) is 12.3 Å². The third kappa shape index (κ3) is 49.7. The molecule has 0 aliphatic rings. The molecular weight excluding hydrogens is 961 g/mol. The van der Waals surface area contributed by atoms with Crippen LogP contribution < -0.4 is 21.3 Å². The molecule has 0 aliphatic heterocycles. The molecule has 14 heteroatoms. The van der Waals surface area contributed by atoms with Gasteiger partial charge in [-0.3, -0.25) is 33.6 Å². The molecule has 440 valence electrons. The lowest BCUT2D eigenvalue weighted by molar-refractivity contribution is -0.147.